The van der Waals surface area contributed by atoms with Crippen molar-refractivity contribution in [1.82, 2.24) is 10.2 Å². The molecule has 0 unspecified atom stereocenters. The minimum absolute atomic E-state index is 0.0276. The van der Waals surface area contributed by atoms with Crippen molar-refractivity contribution in [2.24, 2.45) is 0 Å². The molecular formula is C20H24N2O2. The number of hydrogen-bond donors (Lipinski definition) is 2. The third kappa shape index (κ3) is 4.36. The Hall–Kier alpha value is -2.33. The fraction of sp³-hybridized carbons (Fsp3) is 0.350. The zero-order chi connectivity index (χ0) is 16.9. The number of nitrogens with one attached hydrogen (secondary N) is 1. The Bertz CT molecular complexity index is 696. The van der Waals surface area contributed by atoms with Crippen LogP contribution in [0.1, 0.15) is 34.3 Å². The lowest BCUT2D eigenvalue weighted by atomic mass is 10.0. The standard InChI is InChI=1S/C20H24N2O2/c1-22(17-8-9-17)12-11-21-20(24)18-14-16(7-10-19(18)23)13-15-5-3-2-4-6-15/h2-7,10,14,17,23H,8-9,11-13H2,1H3,(H,21,24). The molecular weight excluding hydrogens is 300 g/mol. The number of carbonyl (C=O) groups excluding carboxylic acids is 1. The first-order valence-electron chi connectivity index (χ1n) is 8.48. The maximum Gasteiger partial charge on any atom is 0.255 e. The lowest BCUT2D eigenvalue weighted by Crippen LogP contribution is -2.34. The number of likely N-dealkylation sites (N-methyl/N-ethyl adjacent to an activating group) is 1. The number of nitrogens with zero attached hydrogens (tertiary/aromatic N) is 1. The van der Waals surface area contributed by atoms with Crippen LogP contribution < -0.4 is 5.32 Å². The highest BCUT2D eigenvalue weighted by atomic mass is 16.3. The van der Waals surface area contributed by atoms with Crippen LogP contribution in [0, 0.1) is 0 Å². The smallest absolute Gasteiger partial charge is 0.255 e. The minimum atomic E-state index is -0.216. The summed E-state index contributed by atoms with van der Waals surface area (Å²) < 4.78 is 0. The second-order valence-corrected chi connectivity index (χ2v) is 6.48. The van der Waals surface area contributed by atoms with E-state index in [1.54, 1.807) is 12.1 Å². The van der Waals surface area contributed by atoms with Crippen molar-refractivity contribution in [2.75, 3.05) is 20.1 Å². The molecule has 2 aromatic rings. The highest BCUT2D eigenvalue weighted by Gasteiger charge is 2.25. The molecule has 1 amide bonds. The number of phenols is 1. The van der Waals surface area contributed by atoms with Crippen molar-refractivity contribution in [3.63, 3.8) is 0 Å². The van der Waals surface area contributed by atoms with Gasteiger partial charge < -0.3 is 15.3 Å². The van der Waals surface area contributed by atoms with Crippen LogP contribution in [-0.2, 0) is 6.42 Å². The number of hydrogen-bond acceptors (Lipinski definition) is 3. The summed E-state index contributed by atoms with van der Waals surface area (Å²) in [6.07, 6.45) is 3.26. The van der Waals surface area contributed by atoms with Gasteiger partial charge in [-0.25, -0.2) is 0 Å². The molecule has 1 saturated carbocycles. The summed E-state index contributed by atoms with van der Waals surface area (Å²) in [7, 11) is 2.09. The maximum atomic E-state index is 12.3. The molecule has 0 aliphatic heterocycles. The Morgan fingerprint density at radius 2 is 1.92 bits per heavy atom. The van der Waals surface area contributed by atoms with Gasteiger partial charge in [0.25, 0.3) is 5.91 Å². The van der Waals surface area contributed by atoms with Gasteiger partial charge >= 0.3 is 0 Å². The van der Waals surface area contributed by atoms with Crippen LogP contribution in [0.5, 0.6) is 5.75 Å². The first-order chi connectivity index (χ1) is 11.6. The Balaban J connectivity index is 1.61. The summed E-state index contributed by atoms with van der Waals surface area (Å²) in [5.74, 6) is -0.188. The van der Waals surface area contributed by atoms with E-state index >= 15 is 0 Å². The van der Waals surface area contributed by atoms with Crippen molar-refractivity contribution < 1.29 is 9.90 Å². The van der Waals surface area contributed by atoms with Gasteiger partial charge in [-0.3, -0.25) is 4.79 Å². The van der Waals surface area contributed by atoms with Crippen LogP contribution in [0.4, 0.5) is 0 Å². The average Bonchev–Trinajstić information content (AvgIpc) is 3.42. The normalized spacial score (nSPS) is 13.9. The van der Waals surface area contributed by atoms with E-state index in [1.165, 1.54) is 18.4 Å². The summed E-state index contributed by atoms with van der Waals surface area (Å²) >= 11 is 0. The fourth-order valence-electron chi connectivity index (χ4n) is 2.85. The van der Waals surface area contributed by atoms with Crippen molar-refractivity contribution in [1.29, 1.82) is 0 Å². The molecule has 0 atom stereocenters. The number of aromatic hydroxyl groups is 1. The van der Waals surface area contributed by atoms with Crippen molar-refractivity contribution in [3.05, 3.63) is 65.2 Å². The van der Waals surface area contributed by atoms with Gasteiger partial charge in [-0.15, -0.1) is 0 Å². The van der Waals surface area contributed by atoms with Gasteiger partial charge in [0.15, 0.2) is 0 Å². The number of rotatable bonds is 7. The summed E-state index contributed by atoms with van der Waals surface area (Å²) in [5.41, 5.74) is 2.54. The van der Waals surface area contributed by atoms with Crippen molar-refractivity contribution >= 4 is 5.91 Å². The minimum Gasteiger partial charge on any atom is -0.507 e. The topological polar surface area (TPSA) is 52.6 Å². The van der Waals surface area contributed by atoms with Crippen LogP contribution in [0.15, 0.2) is 48.5 Å². The second-order valence-electron chi connectivity index (χ2n) is 6.48. The molecule has 0 spiro atoms. The molecule has 0 bridgehead atoms. The van der Waals surface area contributed by atoms with Gasteiger partial charge in [-0.1, -0.05) is 36.4 Å². The van der Waals surface area contributed by atoms with E-state index in [0.29, 0.717) is 18.2 Å². The number of amides is 1. The molecule has 1 fully saturated rings. The molecule has 1 aliphatic carbocycles. The highest BCUT2D eigenvalue weighted by molar-refractivity contribution is 5.97. The Morgan fingerprint density at radius 1 is 1.17 bits per heavy atom. The van der Waals surface area contributed by atoms with Gasteiger partial charge in [0.05, 0.1) is 5.56 Å². The monoisotopic (exact) mass is 324 g/mol. The summed E-state index contributed by atoms with van der Waals surface area (Å²) in [6.45, 7) is 1.43. The first kappa shape index (κ1) is 16.5. The van der Waals surface area contributed by atoms with Crippen LogP contribution in [0.25, 0.3) is 0 Å². The Kier molecular flexibility index (Phi) is 5.16. The molecule has 1 aliphatic rings. The van der Waals surface area contributed by atoms with E-state index in [1.807, 2.05) is 24.3 Å². The largest absolute Gasteiger partial charge is 0.507 e. The predicted molar refractivity (Wildman–Crippen MR) is 95.3 cm³/mol. The van der Waals surface area contributed by atoms with Gasteiger partial charge in [0.2, 0.25) is 0 Å². The van der Waals surface area contributed by atoms with Gasteiger partial charge in [-0.05, 0) is 49.6 Å². The molecule has 3 rings (SSSR count). The van der Waals surface area contributed by atoms with Gasteiger partial charge in [0, 0.05) is 19.1 Å². The highest BCUT2D eigenvalue weighted by Crippen LogP contribution is 2.24. The molecule has 24 heavy (non-hydrogen) atoms. The van der Waals surface area contributed by atoms with E-state index in [2.05, 4.69) is 29.4 Å². The second kappa shape index (κ2) is 7.49. The third-order valence-corrected chi connectivity index (χ3v) is 4.48. The quantitative estimate of drug-likeness (QED) is 0.823. The predicted octanol–water partition coefficient (Wildman–Crippen LogP) is 2.81. The first-order valence-corrected chi connectivity index (χ1v) is 8.48. The fourth-order valence-corrected chi connectivity index (χ4v) is 2.85. The Morgan fingerprint density at radius 3 is 2.62 bits per heavy atom. The summed E-state index contributed by atoms with van der Waals surface area (Å²) in [6, 6.07) is 16.0. The number of carbonyl (C=O) groups is 1. The van der Waals surface area contributed by atoms with E-state index in [-0.39, 0.29) is 11.7 Å². The van der Waals surface area contributed by atoms with Crippen molar-refractivity contribution in [3.8, 4) is 5.75 Å². The molecule has 0 aromatic heterocycles. The molecule has 4 heteroatoms. The van der Waals surface area contributed by atoms with E-state index < -0.39 is 0 Å². The zero-order valence-corrected chi connectivity index (χ0v) is 14.0. The van der Waals surface area contributed by atoms with E-state index in [0.717, 1.165) is 18.5 Å². The van der Waals surface area contributed by atoms with Crippen LogP contribution in [0.2, 0.25) is 0 Å². The van der Waals surface area contributed by atoms with Crippen LogP contribution in [0.3, 0.4) is 0 Å². The molecule has 2 aromatic carbocycles. The maximum absolute atomic E-state index is 12.3. The number of benzene rings is 2. The van der Waals surface area contributed by atoms with Crippen LogP contribution >= 0.6 is 0 Å². The third-order valence-electron chi connectivity index (χ3n) is 4.48. The van der Waals surface area contributed by atoms with Gasteiger partial charge in [-0.2, -0.15) is 0 Å². The lowest BCUT2D eigenvalue weighted by molar-refractivity contribution is 0.0946. The molecule has 4 nitrogen and oxygen atoms in total. The molecule has 0 saturated heterocycles. The SMILES string of the molecule is CN(CCNC(=O)c1cc(Cc2ccccc2)ccc1O)C1CC1. The van der Waals surface area contributed by atoms with Crippen LogP contribution in [-0.4, -0.2) is 42.1 Å². The van der Waals surface area contributed by atoms with E-state index in [9.17, 15) is 9.90 Å². The van der Waals surface area contributed by atoms with Crippen molar-refractivity contribution in [2.45, 2.75) is 25.3 Å². The van der Waals surface area contributed by atoms with Gasteiger partial charge in [0.1, 0.15) is 5.75 Å². The van der Waals surface area contributed by atoms with E-state index in [4.69, 9.17) is 0 Å². The molecule has 0 heterocycles. The summed E-state index contributed by atoms with van der Waals surface area (Å²) in [4.78, 5) is 14.6. The molecule has 126 valence electrons. The Labute approximate surface area is 143 Å². The summed E-state index contributed by atoms with van der Waals surface area (Å²) in [5, 5.41) is 12.9. The average molecular weight is 324 g/mol. The lowest BCUT2D eigenvalue weighted by Gasteiger charge is -2.16. The number of phenolic OH excluding ortho intramolecular Hbond substituents is 1. The molecule has 2 N–H and O–H groups in total. The molecule has 0 radical (unpaired) electrons. The zero-order valence-electron chi connectivity index (χ0n) is 14.0.